The van der Waals surface area contributed by atoms with Gasteiger partial charge < -0.3 is 47.8 Å². The molecule has 1 saturated heterocycles. The third-order valence-corrected chi connectivity index (χ3v) is 25.7. The van der Waals surface area contributed by atoms with Crippen molar-refractivity contribution in [2.24, 2.45) is 22.5 Å². The van der Waals surface area contributed by atoms with E-state index in [1.165, 1.54) is 20.1 Å². The van der Waals surface area contributed by atoms with E-state index in [-0.39, 0.29) is 30.6 Å². The number of aliphatic hydroxyl groups is 1. The fraction of sp³-hybridized carbons (Fsp3) is 0.660. The molecule has 1 aromatic carbocycles. The molecule has 3 N–H and O–H groups in total. The van der Waals surface area contributed by atoms with Gasteiger partial charge in [-0.05, 0) is 85.5 Å². The van der Waals surface area contributed by atoms with Crippen molar-refractivity contribution in [2.75, 3.05) is 6.61 Å². The number of furan rings is 1. The molecule has 2 saturated carbocycles. The van der Waals surface area contributed by atoms with Gasteiger partial charge in [-0.2, -0.15) is 0 Å². The number of Topliss-reactive ketones (excluding diaryl/α,β-unsaturated/α-hetero) is 1. The number of hydrogen-bond acceptors (Lipinski definition) is 15. The van der Waals surface area contributed by atoms with Crippen LogP contribution < -0.4 is 5.73 Å². The normalized spacial score (nSPS) is 31.2. The highest BCUT2D eigenvalue weighted by Gasteiger charge is 2.79. The van der Waals surface area contributed by atoms with Crippen molar-refractivity contribution in [1.29, 1.82) is 0 Å². The number of fused-ring (bicyclic) bond motifs is 5. The standard InChI is InChI=1S/C50H73NO14Si2/c1-13-66(14-2,15-3)64-36-27-37-49(29-59-37,63-32(9)53)42-44(62-45(55)33-23-20-19-21-24-33)50(57)28-35(30(7)38(47(50,10)11)40(60-31(8)52)43(54)48(36,42)12)61-46(56)41(39(51)34-25-22-26-58-34)65-67(16-4,17-5)18-6/h19-26,35-37,39-42,44,57H,13-18,27-29,51H2,1-12H3/t35-,36-,37+,39+,40+,41+,42-,44-,48+,49-,50+/m0/s1. The highest BCUT2D eigenvalue weighted by atomic mass is 28.4. The molecule has 3 aliphatic carbocycles. The van der Waals surface area contributed by atoms with Gasteiger partial charge in [-0.15, -0.1) is 0 Å². The van der Waals surface area contributed by atoms with Gasteiger partial charge in [-0.25, -0.2) is 9.59 Å². The van der Waals surface area contributed by atoms with E-state index in [2.05, 4.69) is 20.8 Å². The van der Waals surface area contributed by atoms with Crippen molar-refractivity contribution in [3.05, 3.63) is 71.2 Å². The summed E-state index contributed by atoms with van der Waals surface area (Å²) in [6.45, 7) is 21.3. The first kappa shape index (κ1) is 52.4. The Kier molecular flexibility index (Phi) is 15.5. The molecule has 11 atom stereocenters. The molecule has 0 spiro atoms. The Morgan fingerprint density at radius 1 is 0.851 bits per heavy atom. The number of hydrogen-bond donors (Lipinski definition) is 2. The van der Waals surface area contributed by atoms with Gasteiger partial charge in [0.25, 0.3) is 0 Å². The topological polar surface area (TPSA) is 209 Å². The SMILES string of the molecule is CC[Si](CC)(CC)O[C@H]1C[C@H]2OC[C@@]2(OC(C)=O)[C@H]2[C@H](OC(=O)c3ccccc3)[C@]3(O)C[C@H](OC(=O)[C@H](O[Si](CC)(CC)CC)[C@H](N)c4ccco4)C(C)=C([C@@H](OC(C)=O)C(=O)[C@]12C)C3(C)C. The molecule has 370 valence electrons. The van der Waals surface area contributed by atoms with Gasteiger partial charge >= 0.3 is 23.9 Å². The highest BCUT2D eigenvalue weighted by molar-refractivity contribution is 6.74. The smallest absolute Gasteiger partial charge is 0.338 e. The van der Waals surface area contributed by atoms with Gasteiger partial charge in [0.1, 0.15) is 29.7 Å². The summed E-state index contributed by atoms with van der Waals surface area (Å²) in [5, 5.41) is 14.2. The van der Waals surface area contributed by atoms with Crippen molar-refractivity contribution in [2.45, 2.75) is 186 Å². The van der Waals surface area contributed by atoms with Crippen LogP contribution in [0.2, 0.25) is 36.3 Å². The average molecular weight is 968 g/mol. The Labute approximate surface area is 397 Å². The van der Waals surface area contributed by atoms with Gasteiger partial charge in [0.15, 0.2) is 40.2 Å². The Balaban J connectivity index is 1.65. The molecule has 1 aliphatic heterocycles. The molecule has 3 fully saturated rings. The van der Waals surface area contributed by atoms with E-state index in [0.29, 0.717) is 47.6 Å². The van der Waals surface area contributed by atoms with Crippen LogP contribution in [0.4, 0.5) is 0 Å². The molecule has 0 amide bonds. The highest BCUT2D eigenvalue weighted by Crippen LogP contribution is 2.65. The predicted octanol–water partition coefficient (Wildman–Crippen LogP) is 7.92. The lowest BCUT2D eigenvalue weighted by molar-refractivity contribution is -0.344. The van der Waals surface area contributed by atoms with Crippen LogP contribution in [0, 0.1) is 16.7 Å². The van der Waals surface area contributed by atoms with Gasteiger partial charge in [0.05, 0.1) is 41.9 Å². The minimum absolute atomic E-state index is 0.113. The predicted molar refractivity (Wildman–Crippen MR) is 252 cm³/mol. The summed E-state index contributed by atoms with van der Waals surface area (Å²) >= 11 is 0. The second-order valence-electron chi connectivity index (χ2n) is 19.8. The van der Waals surface area contributed by atoms with Crippen molar-refractivity contribution < 1.29 is 66.0 Å². The number of nitrogens with two attached hydrogens (primary N) is 1. The van der Waals surface area contributed by atoms with E-state index in [1.54, 1.807) is 70.2 Å². The first-order valence-electron chi connectivity index (χ1n) is 24.1. The zero-order valence-electron chi connectivity index (χ0n) is 41.4. The molecule has 2 aromatic rings. The van der Waals surface area contributed by atoms with Gasteiger partial charge in [-0.3, -0.25) is 14.4 Å². The molecule has 4 aliphatic rings. The summed E-state index contributed by atoms with van der Waals surface area (Å²) in [5.41, 5.74) is 0.219. The van der Waals surface area contributed by atoms with E-state index < -0.39 is 117 Å². The largest absolute Gasteiger partial charge is 0.468 e. The summed E-state index contributed by atoms with van der Waals surface area (Å²) in [4.78, 5) is 72.9. The quantitative estimate of drug-likeness (QED) is 0.0629. The minimum atomic E-state index is -2.60. The van der Waals surface area contributed by atoms with Crippen LogP contribution in [0.5, 0.6) is 0 Å². The maximum Gasteiger partial charge on any atom is 0.338 e. The molecule has 0 radical (unpaired) electrons. The minimum Gasteiger partial charge on any atom is -0.468 e. The summed E-state index contributed by atoms with van der Waals surface area (Å²) in [6, 6.07) is 14.7. The van der Waals surface area contributed by atoms with Crippen LogP contribution in [0.3, 0.4) is 0 Å². The molecule has 6 rings (SSSR count). The Bertz CT molecular complexity index is 2160. The number of benzene rings is 1. The number of carbonyl (C=O) groups is 5. The van der Waals surface area contributed by atoms with Gasteiger partial charge in [0, 0.05) is 32.1 Å². The second kappa shape index (κ2) is 19.8. The molecule has 1 aromatic heterocycles. The number of ketones is 1. The van der Waals surface area contributed by atoms with Crippen molar-refractivity contribution in [3.63, 3.8) is 0 Å². The molecule has 2 heterocycles. The summed E-state index contributed by atoms with van der Waals surface area (Å²) in [5.74, 6) is -4.81. The Morgan fingerprint density at radius 3 is 1.97 bits per heavy atom. The van der Waals surface area contributed by atoms with Crippen molar-refractivity contribution in [3.8, 4) is 0 Å². The summed E-state index contributed by atoms with van der Waals surface area (Å²) in [7, 11) is -5.18. The Morgan fingerprint density at radius 2 is 1.46 bits per heavy atom. The van der Waals surface area contributed by atoms with Crippen molar-refractivity contribution >= 4 is 46.3 Å². The van der Waals surface area contributed by atoms with Crippen LogP contribution in [0.15, 0.2) is 64.3 Å². The van der Waals surface area contributed by atoms with Crippen LogP contribution in [-0.2, 0) is 51.7 Å². The number of esters is 4. The first-order chi connectivity index (χ1) is 31.5. The van der Waals surface area contributed by atoms with Crippen LogP contribution in [0.1, 0.15) is 118 Å². The number of carbonyl (C=O) groups excluding carboxylic acids is 5. The maximum atomic E-state index is 16.4. The van der Waals surface area contributed by atoms with Crippen LogP contribution >= 0.6 is 0 Å². The summed E-state index contributed by atoms with van der Waals surface area (Å²) in [6.07, 6.45) is -6.62. The fourth-order valence-electron chi connectivity index (χ4n) is 11.8. The lowest BCUT2D eigenvalue weighted by Crippen LogP contribution is -2.82. The van der Waals surface area contributed by atoms with E-state index in [1.807, 2.05) is 20.8 Å². The van der Waals surface area contributed by atoms with E-state index in [4.69, 9.17) is 42.7 Å². The summed E-state index contributed by atoms with van der Waals surface area (Å²) < 4.78 is 51.9. The van der Waals surface area contributed by atoms with Gasteiger partial charge in [0.2, 0.25) is 0 Å². The number of rotatable bonds is 18. The molecule has 2 bridgehead atoms. The lowest BCUT2D eigenvalue weighted by Gasteiger charge is -2.68. The third-order valence-electron chi connectivity index (χ3n) is 16.5. The lowest BCUT2D eigenvalue weighted by atomic mass is 9.44. The number of ether oxygens (including phenoxy) is 5. The zero-order valence-corrected chi connectivity index (χ0v) is 43.4. The molecular weight excluding hydrogens is 895 g/mol. The van der Waals surface area contributed by atoms with Crippen LogP contribution in [0.25, 0.3) is 0 Å². The van der Waals surface area contributed by atoms with Crippen molar-refractivity contribution in [1.82, 2.24) is 0 Å². The van der Waals surface area contributed by atoms with Gasteiger partial charge in [-0.1, -0.05) is 73.6 Å². The van der Waals surface area contributed by atoms with E-state index in [0.717, 1.165) is 0 Å². The first-order valence-corrected chi connectivity index (χ1v) is 29.2. The van der Waals surface area contributed by atoms with Crippen LogP contribution in [-0.4, -0.2) is 106 Å². The second-order valence-corrected chi connectivity index (χ2v) is 29.3. The fourth-order valence-corrected chi connectivity index (χ4v) is 17.6. The monoisotopic (exact) mass is 967 g/mol. The molecule has 17 heteroatoms. The molecule has 15 nitrogen and oxygen atoms in total. The molecule has 0 unspecified atom stereocenters. The average Bonchev–Trinajstić information content (AvgIpc) is 3.85. The molecule has 67 heavy (non-hydrogen) atoms. The Hall–Kier alpha value is -3.98. The molecular formula is C50H73NO14Si2. The maximum absolute atomic E-state index is 16.4. The third kappa shape index (κ3) is 8.95. The zero-order chi connectivity index (χ0) is 49.5. The van der Waals surface area contributed by atoms with E-state index >= 15 is 4.79 Å². The van der Waals surface area contributed by atoms with E-state index in [9.17, 15) is 24.3 Å².